The molecule has 0 aliphatic rings. The Morgan fingerprint density at radius 1 is 1.35 bits per heavy atom. The minimum atomic E-state index is -0.542. The predicted molar refractivity (Wildman–Crippen MR) is 69.0 cm³/mol. The van der Waals surface area contributed by atoms with Crippen molar-refractivity contribution in [2.45, 2.75) is 13.3 Å². The molecular formula is C12H20FNO3. The number of aliphatic hydroxyl groups is 1. The van der Waals surface area contributed by atoms with E-state index in [9.17, 15) is 14.5 Å². The van der Waals surface area contributed by atoms with Gasteiger partial charge in [0, 0.05) is 24.7 Å². The maximum absolute atomic E-state index is 10.4. The first-order chi connectivity index (χ1) is 8.08. The monoisotopic (exact) mass is 245 g/mol. The minimum absolute atomic E-state index is 0.0981. The van der Waals surface area contributed by atoms with E-state index in [-0.39, 0.29) is 18.7 Å². The van der Waals surface area contributed by atoms with Crippen LogP contribution >= 0.6 is 0 Å². The first-order valence-electron chi connectivity index (χ1n) is 4.77. The molecule has 0 fully saturated rings. The van der Waals surface area contributed by atoms with Gasteiger partial charge in [-0.2, -0.15) is 0 Å². The van der Waals surface area contributed by atoms with Gasteiger partial charge in [-0.1, -0.05) is 25.3 Å². The van der Waals surface area contributed by atoms with Gasteiger partial charge >= 0.3 is 0 Å². The summed E-state index contributed by atoms with van der Waals surface area (Å²) in [5, 5.41) is 18.9. The van der Waals surface area contributed by atoms with Gasteiger partial charge in [0.05, 0.1) is 12.1 Å². The summed E-state index contributed by atoms with van der Waals surface area (Å²) in [4.78, 5) is 9.81. The van der Waals surface area contributed by atoms with Crippen molar-refractivity contribution >= 4 is 0 Å². The molecule has 0 amide bonds. The van der Waals surface area contributed by atoms with E-state index >= 15 is 0 Å². The van der Waals surface area contributed by atoms with Gasteiger partial charge in [0.25, 0.3) is 5.70 Å². The predicted octanol–water partition coefficient (Wildman–Crippen LogP) is 3.05. The number of nitro groups is 1. The second-order valence-corrected chi connectivity index (χ2v) is 2.46. The quantitative estimate of drug-likeness (QED) is 0.350. The molecule has 5 heteroatoms. The van der Waals surface area contributed by atoms with E-state index in [1.165, 1.54) is 6.08 Å². The molecule has 0 rings (SSSR count). The molecule has 0 radical (unpaired) electrons. The van der Waals surface area contributed by atoms with Crippen LogP contribution in [0.5, 0.6) is 0 Å². The minimum Gasteiger partial charge on any atom is -0.396 e. The molecule has 0 spiro atoms. The molecule has 0 heterocycles. The Labute approximate surface area is 102 Å². The van der Waals surface area contributed by atoms with E-state index in [2.05, 4.69) is 19.7 Å². The number of hydrogen-bond acceptors (Lipinski definition) is 3. The molecule has 0 aliphatic heterocycles. The van der Waals surface area contributed by atoms with Gasteiger partial charge in [-0.25, -0.2) is 0 Å². The SMILES string of the molecule is C=C/C(CCO)=C(\C=C)[N+](=O)[O-].C=CC.CF. The van der Waals surface area contributed by atoms with E-state index in [1.54, 1.807) is 6.08 Å². The summed E-state index contributed by atoms with van der Waals surface area (Å²) in [5.41, 5.74) is 0.302. The normalized spacial score (nSPS) is 9.41. The zero-order valence-corrected chi connectivity index (χ0v) is 10.4. The fraction of sp³-hybridized carbons (Fsp3) is 0.333. The third-order valence-corrected chi connectivity index (χ3v) is 1.35. The fourth-order valence-electron chi connectivity index (χ4n) is 0.778. The highest BCUT2D eigenvalue weighted by Gasteiger charge is 2.10. The van der Waals surface area contributed by atoms with Gasteiger partial charge in [-0.05, 0) is 6.92 Å². The second kappa shape index (κ2) is 16.7. The molecule has 0 aromatic heterocycles. The van der Waals surface area contributed by atoms with Gasteiger partial charge in [0.1, 0.15) is 0 Å². The van der Waals surface area contributed by atoms with Gasteiger partial charge in [-0.15, -0.1) is 6.58 Å². The molecule has 0 saturated carbocycles. The van der Waals surface area contributed by atoms with Crippen LogP contribution in [0.25, 0.3) is 0 Å². The molecule has 0 aromatic rings. The molecule has 0 aliphatic carbocycles. The first-order valence-corrected chi connectivity index (χ1v) is 4.77. The summed E-state index contributed by atoms with van der Waals surface area (Å²) in [6.45, 7) is 11.8. The number of rotatable bonds is 5. The van der Waals surface area contributed by atoms with Crippen LogP contribution in [0.1, 0.15) is 13.3 Å². The van der Waals surface area contributed by atoms with Crippen molar-refractivity contribution in [1.82, 2.24) is 0 Å². The van der Waals surface area contributed by atoms with Crippen LogP contribution in [0.2, 0.25) is 0 Å². The molecule has 0 atom stereocenters. The van der Waals surface area contributed by atoms with Crippen LogP contribution in [0, 0.1) is 10.1 Å². The molecular weight excluding hydrogens is 225 g/mol. The summed E-state index contributed by atoms with van der Waals surface area (Å²) in [6, 6.07) is 0. The lowest BCUT2D eigenvalue weighted by molar-refractivity contribution is -0.420. The zero-order valence-electron chi connectivity index (χ0n) is 10.4. The number of halogens is 1. The van der Waals surface area contributed by atoms with E-state index in [1.807, 2.05) is 6.92 Å². The molecule has 0 unspecified atom stereocenters. The molecule has 0 aromatic carbocycles. The molecule has 4 nitrogen and oxygen atoms in total. The Morgan fingerprint density at radius 2 is 1.76 bits per heavy atom. The number of alkyl halides is 1. The van der Waals surface area contributed by atoms with Crippen LogP contribution in [-0.2, 0) is 0 Å². The largest absolute Gasteiger partial charge is 0.396 e. The van der Waals surface area contributed by atoms with Gasteiger partial charge < -0.3 is 5.11 Å². The average Bonchev–Trinajstić information content (AvgIpc) is 2.32. The van der Waals surface area contributed by atoms with Gasteiger partial charge in [-0.3, -0.25) is 14.5 Å². The number of allylic oxidation sites excluding steroid dienone is 3. The third-order valence-electron chi connectivity index (χ3n) is 1.35. The highest BCUT2D eigenvalue weighted by molar-refractivity contribution is 5.26. The molecule has 1 N–H and O–H groups in total. The standard InChI is InChI=1S/C8H11NO3.C3H6.CH3F/c1-3-7(5-6-10)8(4-2)9(11)12;1-3-2;1-2/h3-4,10H,1-2,5-6H2;3H,1H2,2H3;1H3/b8-7-;;. The summed E-state index contributed by atoms with van der Waals surface area (Å²) < 4.78 is 9.50. The van der Waals surface area contributed by atoms with Gasteiger partial charge in [0.15, 0.2) is 0 Å². The van der Waals surface area contributed by atoms with Crippen molar-refractivity contribution in [3.63, 3.8) is 0 Å². The Morgan fingerprint density at radius 3 is 1.94 bits per heavy atom. The van der Waals surface area contributed by atoms with Crippen LogP contribution in [-0.4, -0.2) is 23.8 Å². The summed E-state index contributed by atoms with van der Waals surface area (Å²) in [6.07, 6.45) is 4.48. The maximum atomic E-state index is 10.4. The maximum Gasteiger partial charge on any atom is 0.272 e. The van der Waals surface area contributed by atoms with Crippen molar-refractivity contribution in [2.75, 3.05) is 13.8 Å². The highest BCUT2D eigenvalue weighted by Crippen LogP contribution is 2.11. The van der Waals surface area contributed by atoms with Crippen LogP contribution < -0.4 is 0 Å². The lowest BCUT2D eigenvalue weighted by Gasteiger charge is -1.98. The van der Waals surface area contributed by atoms with Crippen molar-refractivity contribution in [3.8, 4) is 0 Å². The number of aliphatic hydroxyl groups excluding tert-OH is 1. The first kappa shape index (κ1) is 20.6. The van der Waals surface area contributed by atoms with E-state index < -0.39 is 4.92 Å². The van der Waals surface area contributed by atoms with E-state index in [0.29, 0.717) is 12.8 Å². The molecule has 17 heavy (non-hydrogen) atoms. The Kier molecular flexibility index (Phi) is 20.2. The van der Waals surface area contributed by atoms with Crippen molar-refractivity contribution < 1.29 is 14.4 Å². The van der Waals surface area contributed by atoms with Crippen molar-refractivity contribution in [3.05, 3.63) is 59.3 Å². The van der Waals surface area contributed by atoms with E-state index in [4.69, 9.17) is 5.11 Å². The van der Waals surface area contributed by atoms with E-state index in [0.717, 1.165) is 6.08 Å². The second-order valence-electron chi connectivity index (χ2n) is 2.46. The van der Waals surface area contributed by atoms with Crippen LogP contribution in [0.3, 0.4) is 0 Å². The molecule has 0 bridgehead atoms. The lowest BCUT2D eigenvalue weighted by Crippen LogP contribution is -2.00. The van der Waals surface area contributed by atoms with Crippen LogP contribution in [0.15, 0.2) is 49.2 Å². The highest BCUT2D eigenvalue weighted by atomic mass is 19.1. The lowest BCUT2D eigenvalue weighted by atomic mass is 10.1. The van der Waals surface area contributed by atoms with Crippen LogP contribution in [0.4, 0.5) is 4.39 Å². The Hall–Kier alpha value is -1.75. The smallest absolute Gasteiger partial charge is 0.272 e. The number of hydrogen-bond donors (Lipinski definition) is 1. The van der Waals surface area contributed by atoms with Crippen molar-refractivity contribution in [2.24, 2.45) is 0 Å². The summed E-state index contributed by atoms with van der Waals surface area (Å²) >= 11 is 0. The Bertz CT molecular complexity index is 273. The Balaban J connectivity index is -0.000000337. The molecule has 0 saturated heterocycles. The number of nitrogens with zero attached hydrogens (tertiary/aromatic N) is 1. The molecule has 98 valence electrons. The summed E-state index contributed by atoms with van der Waals surface area (Å²) in [7, 11) is 0.500. The van der Waals surface area contributed by atoms with Crippen molar-refractivity contribution in [1.29, 1.82) is 0 Å². The zero-order chi connectivity index (χ0) is 14.3. The summed E-state index contributed by atoms with van der Waals surface area (Å²) in [5.74, 6) is 0. The average molecular weight is 245 g/mol. The third kappa shape index (κ3) is 12.2. The van der Waals surface area contributed by atoms with Gasteiger partial charge in [0.2, 0.25) is 0 Å². The fourth-order valence-corrected chi connectivity index (χ4v) is 0.778. The topological polar surface area (TPSA) is 63.4 Å².